The van der Waals surface area contributed by atoms with Crippen LogP contribution in [0.2, 0.25) is 0 Å². The van der Waals surface area contributed by atoms with Gasteiger partial charge in [0.05, 0.1) is 12.5 Å². The zero-order valence-electron chi connectivity index (χ0n) is 7.48. The Morgan fingerprint density at radius 1 is 1.36 bits per heavy atom. The number of aliphatic carboxylic acids is 1. The van der Waals surface area contributed by atoms with Gasteiger partial charge in [0.2, 0.25) is 0 Å². The summed E-state index contributed by atoms with van der Waals surface area (Å²) in [6.07, 6.45) is 0.360. The standard InChI is InChI=1S/C10H11BrO3/c11-9-3-1-7(2-4-9)5-8(6-12)10(13)14/h1-4,8,12H,5-6H2,(H,13,14). The number of carbonyl (C=O) groups is 1. The van der Waals surface area contributed by atoms with Crippen molar-refractivity contribution >= 4 is 21.9 Å². The molecule has 1 rings (SSSR count). The van der Waals surface area contributed by atoms with Crippen LogP contribution in [0.5, 0.6) is 0 Å². The molecule has 0 saturated heterocycles. The van der Waals surface area contributed by atoms with Crippen molar-refractivity contribution in [3.63, 3.8) is 0 Å². The fraction of sp³-hybridized carbons (Fsp3) is 0.300. The SMILES string of the molecule is O=C(O)C(CO)Cc1ccc(Br)cc1. The van der Waals surface area contributed by atoms with Gasteiger partial charge in [0.25, 0.3) is 0 Å². The van der Waals surface area contributed by atoms with Crippen LogP contribution in [0.4, 0.5) is 0 Å². The summed E-state index contributed by atoms with van der Waals surface area (Å²) in [5, 5.41) is 17.5. The second-order valence-corrected chi connectivity index (χ2v) is 3.96. The van der Waals surface area contributed by atoms with Gasteiger partial charge < -0.3 is 10.2 Å². The smallest absolute Gasteiger partial charge is 0.309 e. The number of halogens is 1. The summed E-state index contributed by atoms with van der Waals surface area (Å²) in [6, 6.07) is 7.39. The third-order valence-electron chi connectivity index (χ3n) is 1.96. The van der Waals surface area contributed by atoms with E-state index in [4.69, 9.17) is 10.2 Å². The van der Waals surface area contributed by atoms with Gasteiger partial charge in [-0.2, -0.15) is 0 Å². The van der Waals surface area contributed by atoms with Crippen molar-refractivity contribution in [1.29, 1.82) is 0 Å². The highest BCUT2D eigenvalue weighted by atomic mass is 79.9. The zero-order chi connectivity index (χ0) is 10.6. The molecule has 0 heterocycles. The molecule has 0 bridgehead atoms. The first-order chi connectivity index (χ1) is 6.63. The fourth-order valence-electron chi connectivity index (χ4n) is 1.13. The van der Waals surface area contributed by atoms with E-state index in [0.717, 1.165) is 10.0 Å². The highest BCUT2D eigenvalue weighted by Crippen LogP contribution is 2.13. The van der Waals surface area contributed by atoms with Crippen molar-refractivity contribution in [2.24, 2.45) is 5.92 Å². The molecular weight excluding hydrogens is 248 g/mol. The zero-order valence-corrected chi connectivity index (χ0v) is 9.07. The first-order valence-corrected chi connectivity index (χ1v) is 5.01. The van der Waals surface area contributed by atoms with E-state index in [1.807, 2.05) is 24.3 Å². The van der Waals surface area contributed by atoms with Crippen LogP contribution in [-0.2, 0) is 11.2 Å². The summed E-state index contributed by atoms with van der Waals surface area (Å²) in [7, 11) is 0. The number of rotatable bonds is 4. The van der Waals surface area contributed by atoms with E-state index < -0.39 is 11.9 Å². The molecule has 14 heavy (non-hydrogen) atoms. The van der Waals surface area contributed by atoms with Gasteiger partial charge in [-0.05, 0) is 24.1 Å². The van der Waals surface area contributed by atoms with Crippen molar-refractivity contribution in [3.05, 3.63) is 34.3 Å². The molecule has 4 heteroatoms. The molecule has 0 fully saturated rings. The third-order valence-corrected chi connectivity index (χ3v) is 2.49. The molecule has 0 saturated carbocycles. The lowest BCUT2D eigenvalue weighted by Gasteiger charge is -2.08. The number of hydrogen-bond donors (Lipinski definition) is 2. The monoisotopic (exact) mass is 258 g/mol. The Labute approximate surface area is 90.5 Å². The molecule has 0 aliphatic rings. The number of hydrogen-bond acceptors (Lipinski definition) is 2. The van der Waals surface area contributed by atoms with Gasteiger partial charge in [0.15, 0.2) is 0 Å². The molecule has 76 valence electrons. The molecule has 1 atom stereocenters. The van der Waals surface area contributed by atoms with Gasteiger partial charge in [0, 0.05) is 4.47 Å². The van der Waals surface area contributed by atoms with Gasteiger partial charge >= 0.3 is 5.97 Å². The first-order valence-electron chi connectivity index (χ1n) is 4.21. The van der Waals surface area contributed by atoms with Gasteiger partial charge in [-0.25, -0.2) is 0 Å². The van der Waals surface area contributed by atoms with Crippen LogP contribution in [0.25, 0.3) is 0 Å². The topological polar surface area (TPSA) is 57.5 Å². The van der Waals surface area contributed by atoms with E-state index in [1.54, 1.807) is 0 Å². The first kappa shape index (κ1) is 11.2. The minimum Gasteiger partial charge on any atom is -0.481 e. The number of carboxylic acids is 1. The van der Waals surface area contributed by atoms with Gasteiger partial charge in [-0.15, -0.1) is 0 Å². The normalized spacial score (nSPS) is 12.4. The maximum Gasteiger partial charge on any atom is 0.309 e. The van der Waals surface area contributed by atoms with E-state index in [2.05, 4.69) is 15.9 Å². The quantitative estimate of drug-likeness (QED) is 0.864. The minimum atomic E-state index is -0.963. The number of carboxylic acid groups (broad SMARTS) is 1. The molecule has 1 aromatic rings. The number of aliphatic hydroxyl groups excluding tert-OH is 1. The van der Waals surface area contributed by atoms with Crippen molar-refractivity contribution in [2.45, 2.75) is 6.42 Å². The van der Waals surface area contributed by atoms with E-state index in [1.165, 1.54) is 0 Å². The van der Waals surface area contributed by atoms with Crippen LogP contribution in [0, 0.1) is 5.92 Å². The molecule has 0 radical (unpaired) electrons. The average Bonchev–Trinajstić information content (AvgIpc) is 2.16. The maximum absolute atomic E-state index is 10.6. The molecule has 3 nitrogen and oxygen atoms in total. The summed E-state index contributed by atoms with van der Waals surface area (Å²) in [6.45, 7) is -0.328. The predicted octanol–water partition coefficient (Wildman–Crippen LogP) is 1.68. The molecule has 0 aliphatic carbocycles. The van der Waals surface area contributed by atoms with E-state index >= 15 is 0 Å². The molecular formula is C10H11BrO3. The fourth-order valence-corrected chi connectivity index (χ4v) is 1.40. The van der Waals surface area contributed by atoms with E-state index in [9.17, 15) is 4.79 Å². The lowest BCUT2D eigenvalue weighted by atomic mass is 10.0. The van der Waals surface area contributed by atoms with Crippen molar-refractivity contribution in [1.82, 2.24) is 0 Å². The van der Waals surface area contributed by atoms with Gasteiger partial charge in [-0.3, -0.25) is 4.79 Å². The van der Waals surface area contributed by atoms with Gasteiger partial charge in [0.1, 0.15) is 0 Å². The molecule has 0 amide bonds. The second kappa shape index (κ2) is 5.12. The molecule has 0 spiro atoms. The molecule has 0 aromatic heterocycles. The Morgan fingerprint density at radius 3 is 2.36 bits per heavy atom. The Hall–Kier alpha value is -0.870. The molecule has 1 unspecified atom stereocenters. The highest BCUT2D eigenvalue weighted by Gasteiger charge is 2.16. The summed E-state index contributed by atoms with van der Waals surface area (Å²) in [5.41, 5.74) is 0.912. The van der Waals surface area contributed by atoms with Crippen LogP contribution in [0.15, 0.2) is 28.7 Å². The predicted molar refractivity (Wildman–Crippen MR) is 56.1 cm³/mol. The number of benzene rings is 1. The largest absolute Gasteiger partial charge is 0.481 e. The van der Waals surface area contributed by atoms with Crippen LogP contribution in [0.1, 0.15) is 5.56 Å². The van der Waals surface area contributed by atoms with Gasteiger partial charge in [-0.1, -0.05) is 28.1 Å². The van der Waals surface area contributed by atoms with Crippen molar-refractivity contribution in [2.75, 3.05) is 6.61 Å². The molecule has 0 aliphatic heterocycles. The average molecular weight is 259 g/mol. The lowest BCUT2D eigenvalue weighted by molar-refractivity contribution is -0.143. The highest BCUT2D eigenvalue weighted by molar-refractivity contribution is 9.10. The molecule has 2 N–H and O–H groups in total. The summed E-state index contributed by atoms with van der Waals surface area (Å²) in [4.78, 5) is 10.6. The lowest BCUT2D eigenvalue weighted by Crippen LogP contribution is -2.20. The van der Waals surface area contributed by atoms with Crippen LogP contribution >= 0.6 is 15.9 Å². The van der Waals surface area contributed by atoms with E-state index in [0.29, 0.717) is 6.42 Å². The second-order valence-electron chi connectivity index (χ2n) is 3.05. The Kier molecular flexibility index (Phi) is 4.10. The summed E-state index contributed by atoms with van der Waals surface area (Å²) in [5.74, 6) is -1.67. The van der Waals surface area contributed by atoms with Crippen molar-refractivity contribution in [3.8, 4) is 0 Å². The van der Waals surface area contributed by atoms with Crippen LogP contribution < -0.4 is 0 Å². The summed E-state index contributed by atoms with van der Waals surface area (Å²) < 4.78 is 0.956. The number of aliphatic hydroxyl groups is 1. The minimum absolute atomic E-state index is 0.328. The van der Waals surface area contributed by atoms with Crippen LogP contribution in [-0.4, -0.2) is 22.8 Å². The Balaban J connectivity index is 2.67. The van der Waals surface area contributed by atoms with Crippen LogP contribution in [0.3, 0.4) is 0 Å². The third kappa shape index (κ3) is 3.12. The Bertz CT molecular complexity index is 308. The van der Waals surface area contributed by atoms with E-state index in [-0.39, 0.29) is 6.61 Å². The Morgan fingerprint density at radius 2 is 1.93 bits per heavy atom. The maximum atomic E-state index is 10.6. The summed E-state index contributed by atoms with van der Waals surface area (Å²) >= 11 is 3.29. The molecule has 1 aromatic carbocycles. The van der Waals surface area contributed by atoms with Crippen molar-refractivity contribution < 1.29 is 15.0 Å².